The summed E-state index contributed by atoms with van der Waals surface area (Å²) in [5.41, 5.74) is 2.39. The Labute approximate surface area is 125 Å². The number of nitrogens with zero attached hydrogens (tertiary/aromatic N) is 2. The van der Waals surface area contributed by atoms with E-state index in [1.807, 2.05) is 6.92 Å². The number of sulfonamides is 1. The molecule has 2 heterocycles. The summed E-state index contributed by atoms with van der Waals surface area (Å²) < 4.78 is 30.8. The van der Waals surface area contributed by atoms with Gasteiger partial charge in [0.25, 0.3) is 10.0 Å². The molecule has 3 aromatic rings. The molecule has 2 N–H and O–H groups in total. The quantitative estimate of drug-likeness (QED) is 0.775. The van der Waals surface area contributed by atoms with Crippen molar-refractivity contribution in [3.8, 4) is 6.07 Å². The van der Waals surface area contributed by atoms with E-state index in [-0.39, 0.29) is 4.90 Å². The van der Waals surface area contributed by atoms with Gasteiger partial charge < -0.3 is 4.98 Å². The van der Waals surface area contributed by atoms with Crippen LogP contribution in [0.15, 0.2) is 34.8 Å². The molecule has 0 unspecified atom stereocenters. The lowest BCUT2D eigenvalue weighted by atomic mass is 10.1. The molecule has 0 aliphatic carbocycles. The highest BCUT2D eigenvalue weighted by molar-refractivity contribution is 7.92. The molecule has 21 heavy (non-hydrogen) atoms. The maximum absolute atomic E-state index is 12.2. The summed E-state index contributed by atoms with van der Waals surface area (Å²) >= 11 is 1.07. The molecule has 2 aromatic heterocycles. The van der Waals surface area contributed by atoms with Crippen molar-refractivity contribution in [3.05, 3.63) is 41.0 Å². The van der Waals surface area contributed by atoms with Crippen LogP contribution in [0.1, 0.15) is 11.1 Å². The number of hydrogen-bond acceptors (Lipinski definition) is 5. The van der Waals surface area contributed by atoms with Gasteiger partial charge in [0.1, 0.15) is 11.0 Å². The summed E-state index contributed by atoms with van der Waals surface area (Å²) in [5, 5.41) is 11.3. The smallest absolute Gasteiger partial charge is 0.264 e. The van der Waals surface area contributed by atoms with Crippen LogP contribution in [0.25, 0.3) is 10.9 Å². The molecular formula is C13H10N4O2S2. The van der Waals surface area contributed by atoms with E-state index >= 15 is 0 Å². The number of benzene rings is 1. The molecule has 0 fully saturated rings. The maximum atomic E-state index is 12.2. The summed E-state index contributed by atoms with van der Waals surface area (Å²) in [6.07, 6.45) is 2.87. The van der Waals surface area contributed by atoms with E-state index in [0.29, 0.717) is 16.8 Å². The minimum absolute atomic E-state index is 0.119. The highest BCUT2D eigenvalue weighted by atomic mass is 32.2. The van der Waals surface area contributed by atoms with Gasteiger partial charge in [0.2, 0.25) is 0 Å². The first-order valence-electron chi connectivity index (χ1n) is 5.96. The van der Waals surface area contributed by atoms with Gasteiger partial charge in [-0.2, -0.15) is 9.64 Å². The lowest BCUT2D eigenvalue weighted by Gasteiger charge is -2.08. The van der Waals surface area contributed by atoms with Gasteiger partial charge in [-0.25, -0.2) is 8.42 Å². The van der Waals surface area contributed by atoms with E-state index in [4.69, 9.17) is 5.26 Å². The standard InChI is InChI=1S/C13H10N4O2S2/c1-8-2-3-11(13-12(8)9(4-14)5-15-13)17-21(18,19)10-6-16-20-7-10/h2-3,5-7,15,17H,1H3. The van der Waals surface area contributed by atoms with E-state index < -0.39 is 10.0 Å². The molecule has 0 saturated carbocycles. The molecular weight excluding hydrogens is 308 g/mol. The van der Waals surface area contributed by atoms with Crippen molar-refractivity contribution >= 4 is 38.1 Å². The summed E-state index contributed by atoms with van der Waals surface area (Å²) in [5.74, 6) is 0. The summed E-state index contributed by atoms with van der Waals surface area (Å²) in [7, 11) is -3.68. The highest BCUT2D eigenvalue weighted by Gasteiger charge is 2.18. The monoisotopic (exact) mass is 318 g/mol. The Balaban J connectivity index is 2.13. The lowest BCUT2D eigenvalue weighted by molar-refractivity contribution is 0.601. The minimum atomic E-state index is -3.68. The predicted molar refractivity (Wildman–Crippen MR) is 80.7 cm³/mol. The summed E-state index contributed by atoms with van der Waals surface area (Å²) in [6, 6.07) is 5.54. The Morgan fingerprint density at radius 2 is 2.24 bits per heavy atom. The van der Waals surface area contributed by atoms with Gasteiger partial charge in [0, 0.05) is 17.0 Å². The number of aromatic amines is 1. The van der Waals surface area contributed by atoms with Gasteiger partial charge >= 0.3 is 0 Å². The van der Waals surface area contributed by atoms with Gasteiger partial charge in [-0.15, -0.1) is 0 Å². The second-order valence-electron chi connectivity index (χ2n) is 4.46. The van der Waals surface area contributed by atoms with Gasteiger partial charge in [0.15, 0.2) is 0 Å². The molecule has 0 bridgehead atoms. The zero-order valence-corrected chi connectivity index (χ0v) is 12.5. The summed E-state index contributed by atoms with van der Waals surface area (Å²) in [4.78, 5) is 3.07. The fourth-order valence-electron chi connectivity index (χ4n) is 2.13. The van der Waals surface area contributed by atoms with Crippen molar-refractivity contribution in [3.63, 3.8) is 0 Å². The van der Waals surface area contributed by atoms with E-state index in [1.165, 1.54) is 11.6 Å². The van der Waals surface area contributed by atoms with Crippen LogP contribution in [0, 0.1) is 18.3 Å². The number of rotatable bonds is 3. The Hall–Kier alpha value is -2.37. The minimum Gasteiger partial charge on any atom is -0.358 e. The molecule has 0 amide bonds. The molecule has 0 atom stereocenters. The maximum Gasteiger partial charge on any atom is 0.264 e. The molecule has 0 radical (unpaired) electrons. The van der Waals surface area contributed by atoms with Crippen LogP contribution in [-0.2, 0) is 10.0 Å². The first kappa shape index (κ1) is 13.6. The van der Waals surface area contributed by atoms with Crippen molar-refractivity contribution in [2.45, 2.75) is 11.8 Å². The van der Waals surface area contributed by atoms with Crippen molar-refractivity contribution in [2.75, 3.05) is 4.72 Å². The van der Waals surface area contributed by atoms with E-state index in [1.54, 1.807) is 18.3 Å². The van der Waals surface area contributed by atoms with E-state index in [0.717, 1.165) is 22.5 Å². The molecule has 1 aromatic carbocycles. The van der Waals surface area contributed by atoms with Gasteiger partial charge in [-0.05, 0) is 30.1 Å². The fraction of sp³-hybridized carbons (Fsp3) is 0.0769. The number of aromatic nitrogens is 2. The zero-order valence-electron chi connectivity index (χ0n) is 10.9. The molecule has 3 rings (SSSR count). The Morgan fingerprint density at radius 1 is 1.43 bits per heavy atom. The molecule has 8 heteroatoms. The average Bonchev–Trinajstić information content (AvgIpc) is 3.10. The van der Waals surface area contributed by atoms with Crippen molar-refractivity contribution < 1.29 is 8.42 Å². The van der Waals surface area contributed by atoms with E-state index in [2.05, 4.69) is 20.1 Å². The second-order valence-corrected chi connectivity index (χ2v) is 6.80. The van der Waals surface area contributed by atoms with Crippen LogP contribution >= 0.6 is 11.5 Å². The fourth-order valence-corrected chi connectivity index (χ4v) is 4.00. The highest BCUT2D eigenvalue weighted by Crippen LogP contribution is 2.29. The first-order valence-corrected chi connectivity index (χ1v) is 8.28. The molecule has 0 aliphatic heterocycles. The van der Waals surface area contributed by atoms with Crippen LogP contribution in [0.5, 0.6) is 0 Å². The van der Waals surface area contributed by atoms with Gasteiger partial charge in [-0.3, -0.25) is 4.72 Å². The largest absolute Gasteiger partial charge is 0.358 e. The number of nitriles is 1. The topological polar surface area (TPSA) is 98.6 Å². The average molecular weight is 318 g/mol. The number of nitrogens with one attached hydrogen (secondary N) is 2. The summed E-state index contributed by atoms with van der Waals surface area (Å²) in [6.45, 7) is 1.87. The van der Waals surface area contributed by atoms with Crippen LogP contribution in [0.3, 0.4) is 0 Å². The van der Waals surface area contributed by atoms with Crippen LogP contribution in [0.4, 0.5) is 5.69 Å². The molecule has 106 valence electrons. The molecule has 0 spiro atoms. The number of H-pyrrole nitrogens is 1. The number of hydrogen-bond donors (Lipinski definition) is 2. The third-order valence-electron chi connectivity index (χ3n) is 3.13. The lowest BCUT2D eigenvalue weighted by Crippen LogP contribution is -2.12. The SMILES string of the molecule is Cc1ccc(NS(=O)(=O)c2cnsc2)c2[nH]cc(C#N)c12. The first-order chi connectivity index (χ1) is 10.0. The van der Waals surface area contributed by atoms with Crippen molar-refractivity contribution in [1.29, 1.82) is 5.26 Å². The second kappa shape index (κ2) is 4.87. The predicted octanol–water partition coefficient (Wildman–Crippen LogP) is 2.61. The van der Waals surface area contributed by atoms with Crippen LogP contribution in [-0.4, -0.2) is 17.8 Å². The number of fused-ring (bicyclic) bond motifs is 1. The van der Waals surface area contributed by atoms with E-state index in [9.17, 15) is 8.42 Å². The third-order valence-corrected chi connectivity index (χ3v) is 5.20. The number of anilines is 1. The molecule has 0 saturated heterocycles. The molecule has 0 aliphatic rings. The normalized spacial score (nSPS) is 11.4. The number of aryl methyl sites for hydroxylation is 1. The van der Waals surface area contributed by atoms with Crippen molar-refractivity contribution in [2.24, 2.45) is 0 Å². The van der Waals surface area contributed by atoms with Crippen molar-refractivity contribution in [1.82, 2.24) is 9.36 Å². The Kier molecular flexibility index (Phi) is 3.16. The van der Waals surface area contributed by atoms with Crippen LogP contribution < -0.4 is 4.72 Å². The third kappa shape index (κ3) is 2.26. The Bertz CT molecular complexity index is 950. The zero-order chi connectivity index (χ0) is 15.0. The molecule has 6 nitrogen and oxygen atoms in total. The Morgan fingerprint density at radius 3 is 2.90 bits per heavy atom. The van der Waals surface area contributed by atoms with Gasteiger partial charge in [-0.1, -0.05) is 6.07 Å². The van der Waals surface area contributed by atoms with Crippen LogP contribution in [0.2, 0.25) is 0 Å². The van der Waals surface area contributed by atoms with Gasteiger partial charge in [0.05, 0.1) is 23.0 Å².